The van der Waals surface area contributed by atoms with Crippen molar-refractivity contribution in [3.05, 3.63) is 69.5 Å². The van der Waals surface area contributed by atoms with Crippen LogP contribution in [0.15, 0.2) is 42.5 Å². The van der Waals surface area contributed by atoms with E-state index in [9.17, 15) is 14.0 Å². The molecule has 0 bridgehead atoms. The number of piperidine rings is 1. The number of carbonyl (C=O) groups is 2. The lowest BCUT2D eigenvalue weighted by Gasteiger charge is -2.45. The first-order valence-electron chi connectivity index (χ1n) is 11.4. The molecular formula is C26H30Cl2F2N2O3. The highest BCUT2D eigenvalue weighted by Gasteiger charge is 2.48. The molecule has 1 saturated heterocycles. The molecular weight excluding hydrogens is 497 g/mol. The first-order valence-corrected chi connectivity index (χ1v) is 12.1. The van der Waals surface area contributed by atoms with Crippen molar-refractivity contribution < 1.29 is 23.1 Å². The molecule has 190 valence electrons. The molecule has 3 rings (SSSR count). The van der Waals surface area contributed by atoms with E-state index in [0.717, 1.165) is 5.56 Å². The van der Waals surface area contributed by atoms with Gasteiger partial charge in [0, 0.05) is 42.0 Å². The Bertz CT molecular complexity index is 1060. The van der Waals surface area contributed by atoms with Crippen LogP contribution in [0.25, 0.3) is 0 Å². The van der Waals surface area contributed by atoms with E-state index in [1.807, 2.05) is 0 Å². The Balaban J connectivity index is 1.83. The number of likely N-dealkylation sites (tertiary alicyclic amines) is 1. The van der Waals surface area contributed by atoms with E-state index in [-0.39, 0.29) is 38.4 Å². The summed E-state index contributed by atoms with van der Waals surface area (Å²) in [6.07, 6.45) is -2.13. The van der Waals surface area contributed by atoms with Crippen LogP contribution in [-0.4, -0.2) is 53.7 Å². The monoisotopic (exact) mass is 526 g/mol. The van der Waals surface area contributed by atoms with Gasteiger partial charge in [0.2, 0.25) is 5.91 Å². The lowest BCUT2D eigenvalue weighted by atomic mass is 9.69. The van der Waals surface area contributed by atoms with Crippen molar-refractivity contribution >= 4 is 35.2 Å². The molecule has 2 atom stereocenters. The SMILES string of the molecule is CN(Cc1cc(Cl)cc(Cl)c1)C(=O)CC1(c2ccc(F)cc2)CCN(C(=O)OC(C)(C)C)CC1F. The normalized spacial score (nSPS) is 20.5. The first-order chi connectivity index (χ1) is 16.3. The topological polar surface area (TPSA) is 49.9 Å². The molecule has 2 aromatic rings. The average molecular weight is 527 g/mol. The number of nitrogens with zero attached hydrogens (tertiary/aromatic N) is 2. The second kappa shape index (κ2) is 10.7. The van der Waals surface area contributed by atoms with Crippen molar-refractivity contribution in [2.24, 2.45) is 0 Å². The fraction of sp³-hybridized carbons (Fsp3) is 0.462. The van der Waals surface area contributed by atoms with Crippen LogP contribution in [0.4, 0.5) is 13.6 Å². The number of benzene rings is 2. The van der Waals surface area contributed by atoms with E-state index < -0.39 is 29.1 Å². The molecule has 0 saturated carbocycles. The molecule has 0 aliphatic carbocycles. The quantitative estimate of drug-likeness (QED) is 0.453. The van der Waals surface area contributed by atoms with Crippen LogP contribution in [0, 0.1) is 5.82 Å². The minimum atomic E-state index is -1.56. The number of carbonyl (C=O) groups excluding carboxylic acids is 2. The fourth-order valence-corrected chi connectivity index (χ4v) is 4.89. The van der Waals surface area contributed by atoms with Crippen LogP contribution in [0.3, 0.4) is 0 Å². The second-order valence-electron chi connectivity index (χ2n) is 10.0. The zero-order valence-corrected chi connectivity index (χ0v) is 21.8. The van der Waals surface area contributed by atoms with Gasteiger partial charge in [-0.1, -0.05) is 35.3 Å². The van der Waals surface area contributed by atoms with Gasteiger partial charge in [-0.2, -0.15) is 0 Å². The van der Waals surface area contributed by atoms with Crippen molar-refractivity contribution in [2.75, 3.05) is 20.1 Å². The number of amides is 2. The lowest BCUT2D eigenvalue weighted by Crippen LogP contribution is -2.55. The van der Waals surface area contributed by atoms with Gasteiger partial charge in [0.1, 0.15) is 17.6 Å². The van der Waals surface area contributed by atoms with Crippen LogP contribution in [0.5, 0.6) is 0 Å². The first kappa shape index (κ1) is 27.2. The standard InChI is InChI=1S/C26H30Cl2F2N2O3/c1-25(2,3)35-24(34)32-10-9-26(22(30)16-32,18-5-7-21(29)8-6-18)14-23(33)31(4)15-17-11-19(27)13-20(28)12-17/h5-8,11-13,22H,9-10,14-16H2,1-4H3. The number of alkyl halides is 1. The molecule has 1 aliphatic heterocycles. The largest absolute Gasteiger partial charge is 0.444 e. The molecule has 0 aromatic heterocycles. The highest BCUT2D eigenvalue weighted by molar-refractivity contribution is 6.34. The van der Waals surface area contributed by atoms with E-state index in [1.54, 1.807) is 46.0 Å². The second-order valence-corrected chi connectivity index (χ2v) is 10.9. The van der Waals surface area contributed by atoms with Crippen molar-refractivity contribution in [1.29, 1.82) is 0 Å². The highest BCUT2D eigenvalue weighted by atomic mass is 35.5. The summed E-state index contributed by atoms with van der Waals surface area (Å²) in [5.41, 5.74) is -0.673. The van der Waals surface area contributed by atoms with Gasteiger partial charge in [0.25, 0.3) is 0 Å². The highest BCUT2D eigenvalue weighted by Crippen LogP contribution is 2.41. The van der Waals surface area contributed by atoms with Crippen molar-refractivity contribution in [1.82, 2.24) is 9.80 Å². The lowest BCUT2D eigenvalue weighted by molar-refractivity contribution is -0.133. The predicted molar refractivity (Wildman–Crippen MR) is 133 cm³/mol. The van der Waals surface area contributed by atoms with Gasteiger partial charge in [0.05, 0.1) is 6.54 Å². The van der Waals surface area contributed by atoms with Crippen LogP contribution in [0.2, 0.25) is 10.0 Å². The summed E-state index contributed by atoms with van der Waals surface area (Å²) < 4.78 is 35.0. The number of hydrogen-bond donors (Lipinski definition) is 0. The van der Waals surface area contributed by atoms with E-state index in [2.05, 4.69) is 0 Å². The Morgan fingerprint density at radius 2 is 1.74 bits per heavy atom. The van der Waals surface area contributed by atoms with E-state index >= 15 is 4.39 Å². The van der Waals surface area contributed by atoms with Crippen molar-refractivity contribution in [3.63, 3.8) is 0 Å². The third-order valence-electron chi connectivity index (χ3n) is 6.11. The van der Waals surface area contributed by atoms with E-state index in [1.165, 1.54) is 34.1 Å². The Morgan fingerprint density at radius 3 is 2.29 bits per heavy atom. The third kappa shape index (κ3) is 6.85. The minimum Gasteiger partial charge on any atom is -0.444 e. The summed E-state index contributed by atoms with van der Waals surface area (Å²) in [5.74, 6) is -0.745. The van der Waals surface area contributed by atoms with Gasteiger partial charge in [-0.05, 0) is 68.7 Å². The van der Waals surface area contributed by atoms with Crippen LogP contribution >= 0.6 is 23.2 Å². The molecule has 5 nitrogen and oxygen atoms in total. The molecule has 0 N–H and O–H groups in total. The van der Waals surface area contributed by atoms with E-state index in [0.29, 0.717) is 15.6 Å². The van der Waals surface area contributed by atoms with Crippen LogP contribution in [-0.2, 0) is 21.5 Å². The number of ether oxygens (including phenoxy) is 1. The van der Waals surface area contributed by atoms with Gasteiger partial charge < -0.3 is 14.5 Å². The Morgan fingerprint density at radius 1 is 1.14 bits per heavy atom. The third-order valence-corrected chi connectivity index (χ3v) is 6.55. The van der Waals surface area contributed by atoms with Gasteiger partial charge in [0.15, 0.2) is 0 Å². The van der Waals surface area contributed by atoms with Gasteiger partial charge in [-0.3, -0.25) is 4.79 Å². The molecule has 2 amide bonds. The fourth-order valence-electron chi connectivity index (χ4n) is 4.32. The summed E-state index contributed by atoms with van der Waals surface area (Å²) in [7, 11) is 1.62. The smallest absolute Gasteiger partial charge is 0.410 e. The zero-order valence-electron chi connectivity index (χ0n) is 20.3. The summed E-state index contributed by atoms with van der Waals surface area (Å²) in [6.45, 7) is 5.44. The van der Waals surface area contributed by atoms with Crippen LogP contribution < -0.4 is 0 Å². The van der Waals surface area contributed by atoms with Crippen molar-refractivity contribution in [3.8, 4) is 0 Å². The molecule has 0 radical (unpaired) electrons. The zero-order chi connectivity index (χ0) is 26.0. The van der Waals surface area contributed by atoms with E-state index in [4.69, 9.17) is 27.9 Å². The average Bonchev–Trinajstić information content (AvgIpc) is 2.73. The predicted octanol–water partition coefficient (Wildman–Crippen LogP) is 6.40. The maximum Gasteiger partial charge on any atom is 0.410 e. The maximum atomic E-state index is 15.9. The number of rotatable bonds is 5. The molecule has 1 aliphatic rings. The molecule has 1 fully saturated rings. The van der Waals surface area contributed by atoms with Crippen LogP contribution in [0.1, 0.15) is 44.7 Å². The summed E-state index contributed by atoms with van der Waals surface area (Å²) in [6, 6.07) is 10.6. The molecule has 9 heteroatoms. The van der Waals surface area contributed by atoms with Crippen molar-refractivity contribution in [2.45, 2.75) is 57.3 Å². The summed E-state index contributed by atoms with van der Waals surface area (Å²) in [5, 5.41) is 0.906. The Kier molecular flexibility index (Phi) is 8.32. The molecule has 2 aromatic carbocycles. The Hall–Kier alpha value is -2.38. The van der Waals surface area contributed by atoms with Gasteiger partial charge >= 0.3 is 6.09 Å². The molecule has 35 heavy (non-hydrogen) atoms. The summed E-state index contributed by atoms with van der Waals surface area (Å²) in [4.78, 5) is 28.6. The molecule has 2 unspecified atom stereocenters. The van der Waals surface area contributed by atoms with Gasteiger partial charge in [-0.25, -0.2) is 13.6 Å². The molecule has 1 heterocycles. The summed E-state index contributed by atoms with van der Waals surface area (Å²) >= 11 is 12.1. The molecule has 0 spiro atoms. The Labute approximate surface area is 214 Å². The maximum absolute atomic E-state index is 15.9. The number of hydrogen-bond acceptors (Lipinski definition) is 3. The minimum absolute atomic E-state index is 0.146. The van der Waals surface area contributed by atoms with Gasteiger partial charge in [-0.15, -0.1) is 0 Å². The number of halogens is 4.